The summed E-state index contributed by atoms with van der Waals surface area (Å²) in [5, 5.41) is 14.7. The molecule has 9 heteroatoms. The number of benzene rings is 2. The second-order valence-electron chi connectivity index (χ2n) is 7.08. The molecule has 4 rings (SSSR count). The van der Waals surface area contributed by atoms with Crippen molar-refractivity contribution < 1.29 is 19.9 Å². The lowest BCUT2D eigenvalue weighted by molar-refractivity contribution is -0.457. The fraction of sp³-hybridized carbons (Fsp3) is 0.217. The van der Waals surface area contributed by atoms with Gasteiger partial charge in [-0.15, -0.1) is 0 Å². The lowest BCUT2D eigenvalue weighted by Gasteiger charge is -2.23. The van der Waals surface area contributed by atoms with Gasteiger partial charge in [0.05, 0.1) is 35.1 Å². The molecule has 1 aromatic heterocycles. The second kappa shape index (κ2) is 8.98. The molecule has 0 saturated carbocycles. The van der Waals surface area contributed by atoms with Crippen LogP contribution in [-0.4, -0.2) is 29.7 Å². The highest BCUT2D eigenvalue weighted by molar-refractivity contribution is 9.10. The topological polar surface area (TPSA) is 96.9 Å². The molecule has 3 N–H and O–H groups in total. The maximum atomic E-state index is 9.97. The minimum absolute atomic E-state index is 0.425. The van der Waals surface area contributed by atoms with Crippen LogP contribution in [0.2, 0.25) is 0 Å². The molecule has 2 aromatic carbocycles. The van der Waals surface area contributed by atoms with Gasteiger partial charge < -0.3 is 19.9 Å². The average Bonchev–Trinajstić information content (AvgIpc) is 3.10. The summed E-state index contributed by atoms with van der Waals surface area (Å²) >= 11 is 7.05. The van der Waals surface area contributed by atoms with Crippen LogP contribution >= 0.6 is 31.9 Å². The number of aromatic nitrogens is 2. The van der Waals surface area contributed by atoms with Crippen molar-refractivity contribution in [1.82, 2.24) is 9.78 Å². The zero-order chi connectivity index (χ0) is 23.0. The first-order valence-corrected chi connectivity index (χ1v) is 11.5. The molecule has 1 aliphatic rings. The normalized spacial score (nSPS) is 15.1. The van der Waals surface area contributed by atoms with Gasteiger partial charge in [0.2, 0.25) is 5.88 Å². The maximum absolute atomic E-state index is 9.97. The third-order valence-corrected chi connectivity index (χ3v) is 6.23. The van der Waals surface area contributed by atoms with Crippen LogP contribution in [0.3, 0.4) is 0 Å². The fourth-order valence-corrected chi connectivity index (χ4v) is 4.55. The van der Waals surface area contributed by atoms with E-state index in [9.17, 15) is 5.26 Å². The number of aryl methyl sites for hydroxylation is 1. The average molecular weight is 561 g/mol. The molecule has 164 valence electrons. The molecular weight excluding hydrogens is 540 g/mol. The van der Waals surface area contributed by atoms with E-state index in [0.717, 1.165) is 37.0 Å². The van der Waals surface area contributed by atoms with Gasteiger partial charge in [-0.05, 0) is 71.7 Å². The van der Waals surface area contributed by atoms with Crippen molar-refractivity contribution in [2.45, 2.75) is 20.1 Å². The molecule has 0 spiro atoms. The SMILES string of the molecule is CCOc1c(Br)cc(C2=C(C#N)[C@H]([NH3+])Oc3c2c(C)nn3-c2ccc(Br)cc2)cc1OC. The summed E-state index contributed by atoms with van der Waals surface area (Å²) in [4.78, 5) is 0. The Balaban J connectivity index is 1.97. The number of fused-ring (bicyclic) bond motifs is 1. The molecule has 2 heterocycles. The summed E-state index contributed by atoms with van der Waals surface area (Å²) in [6.07, 6.45) is -0.691. The summed E-state index contributed by atoms with van der Waals surface area (Å²) in [6.45, 7) is 4.31. The van der Waals surface area contributed by atoms with Crippen LogP contribution in [0.4, 0.5) is 0 Å². The lowest BCUT2D eigenvalue weighted by Crippen LogP contribution is -2.65. The molecule has 1 atom stereocenters. The van der Waals surface area contributed by atoms with E-state index < -0.39 is 6.23 Å². The van der Waals surface area contributed by atoms with E-state index >= 15 is 0 Å². The van der Waals surface area contributed by atoms with Crippen molar-refractivity contribution in [1.29, 1.82) is 5.26 Å². The van der Waals surface area contributed by atoms with E-state index in [4.69, 9.17) is 19.3 Å². The molecule has 7 nitrogen and oxygen atoms in total. The van der Waals surface area contributed by atoms with Crippen LogP contribution in [-0.2, 0) is 0 Å². The first-order valence-electron chi connectivity index (χ1n) is 9.90. The van der Waals surface area contributed by atoms with Gasteiger partial charge in [-0.2, -0.15) is 10.4 Å². The van der Waals surface area contributed by atoms with Crippen molar-refractivity contribution in [3.05, 3.63) is 67.7 Å². The number of quaternary nitrogens is 1. The molecular formula is C23H21Br2N4O3+. The van der Waals surface area contributed by atoms with Gasteiger partial charge in [-0.3, -0.25) is 0 Å². The highest BCUT2D eigenvalue weighted by Gasteiger charge is 2.36. The number of rotatable bonds is 5. The van der Waals surface area contributed by atoms with E-state index in [1.165, 1.54) is 0 Å². The van der Waals surface area contributed by atoms with Gasteiger partial charge in [-0.1, -0.05) is 15.9 Å². The molecule has 0 radical (unpaired) electrons. The summed E-state index contributed by atoms with van der Waals surface area (Å²) in [6, 6.07) is 13.8. The number of hydrogen-bond acceptors (Lipinski definition) is 5. The molecule has 32 heavy (non-hydrogen) atoms. The van der Waals surface area contributed by atoms with Gasteiger partial charge in [0.1, 0.15) is 11.6 Å². The van der Waals surface area contributed by atoms with E-state index in [2.05, 4.69) is 43.7 Å². The van der Waals surface area contributed by atoms with Crippen LogP contribution < -0.4 is 19.9 Å². The van der Waals surface area contributed by atoms with Crippen molar-refractivity contribution in [3.63, 3.8) is 0 Å². The number of nitriles is 1. The predicted octanol–water partition coefficient (Wildman–Crippen LogP) is 4.40. The van der Waals surface area contributed by atoms with Crippen molar-refractivity contribution in [2.75, 3.05) is 13.7 Å². The first-order chi connectivity index (χ1) is 15.4. The fourth-order valence-electron chi connectivity index (χ4n) is 3.73. The number of hydrogen-bond donors (Lipinski definition) is 1. The molecule has 0 amide bonds. The van der Waals surface area contributed by atoms with Crippen LogP contribution in [0.5, 0.6) is 17.4 Å². The van der Waals surface area contributed by atoms with E-state index in [-0.39, 0.29) is 0 Å². The van der Waals surface area contributed by atoms with Crippen molar-refractivity contribution in [3.8, 4) is 29.1 Å². The van der Waals surface area contributed by atoms with Crippen LogP contribution in [0.15, 0.2) is 50.9 Å². The van der Waals surface area contributed by atoms with E-state index in [0.29, 0.717) is 29.6 Å². The third-order valence-electron chi connectivity index (χ3n) is 5.11. The molecule has 0 aliphatic carbocycles. The lowest BCUT2D eigenvalue weighted by atomic mass is 9.91. The van der Waals surface area contributed by atoms with Gasteiger partial charge in [0, 0.05) is 10.0 Å². The predicted molar refractivity (Wildman–Crippen MR) is 127 cm³/mol. The number of ether oxygens (including phenoxy) is 3. The standard InChI is InChI=1S/C23H20Br2N4O3/c1-4-31-21-17(25)9-13(10-18(21)30-3)20-16(11-26)22(27)32-23-19(20)12(2)28-29(23)15-7-5-14(24)6-8-15/h5-10,22H,4,27H2,1-3H3/p+1/t22-/m1/s1. The minimum atomic E-state index is -0.691. The smallest absolute Gasteiger partial charge is 0.267 e. The number of nitrogens with zero attached hydrogens (tertiary/aromatic N) is 3. The molecule has 1 aliphatic heterocycles. The van der Waals surface area contributed by atoms with Crippen LogP contribution in [0, 0.1) is 18.3 Å². The molecule has 0 unspecified atom stereocenters. The maximum Gasteiger partial charge on any atom is 0.267 e. The second-order valence-corrected chi connectivity index (χ2v) is 8.85. The third kappa shape index (κ3) is 3.79. The van der Waals surface area contributed by atoms with E-state index in [1.54, 1.807) is 11.8 Å². The Bertz CT molecular complexity index is 1260. The highest BCUT2D eigenvalue weighted by atomic mass is 79.9. The number of halogens is 2. The Morgan fingerprint density at radius 1 is 1.25 bits per heavy atom. The zero-order valence-electron chi connectivity index (χ0n) is 17.8. The molecule has 3 aromatic rings. The summed E-state index contributed by atoms with van der Waals surface area (Å²) in [7, 11) is 1.59. The Morgan fingerprint density at radius 3 is 2.59 bits per heavy atom. The van der Waals surface area contributed by atoms with Gasteiger partial charge in [-0.25, -0.2) is 4.68 Å². The summed E-state index contributed by atoms with van der Waals surface area (Å²) < 4.78 is 20.8. The Hall–Kier alpha value is -2.80. The molecule has 0 saturated heterocycles. The highest BCUT2D eigenvalue weighted by Crippen LogP contribution is 2.45. The number of methoxy groups -OCH3 is 1. The van der Waals surface area contributed by atoms with Crippen LogP contribution in [0.1, 0.15) is 23.7 Å². The Morgan fingerprint density at radius 2 is 1.97 bits per heavy atom. The Labute approximate surface area is 202 Å². The quantitative estimate of drug-likeness (QED) is 0.499. The molecule has 0 fully saturated rings. The minimum Gasteiger partial charge on any atom is -0.493 e. The Kier molecular flexibility index (Phi) is 6.29. The van der Waals surface area contributed by atoms with Crippen LogP contribution in [0.25, 0.3) is 11.3 Å². The summed E-state index contributed by atoms with van der Waals surface area (Å²) in [5.74, 6) is 1.72. The zero-order valence-corrected chi connectivity index (χ0v) is 20.9. The first kappa shape index (κ1) is 22.4. The molecule has 0 bridgehead atoms. The van der Waals surface area contributed by atoms with Gasteiger partial charge >= 0.3 is 0 Å². The van der Waals surface area contributed by atoms with E-state index in [1.807, 2.05) is 50.2 Å². The van der Waals surface area contributed by atoms with Crippen molar-refractivity contribution in [2.24, 2.45) is 0 Å². The summed E-state index contributed by atoms with van der Waals surface area (Å²) in [5.41, 5.74) is 8.34. The van der Waals surface area contributed by atoms with Gasteiger partial charge in [0.15, 0.2) is 11.5 Å². The van der Waals surface area contributed by atoms with Crippen molar-refractivity contribution >= 4 is 37.4 Å². The monoisotopic (exact) mass is 559 g/mol. The largest absolute Gasteiger partial charge is 0.493 e. The van der Waals surface area contributed by atoms with Gasteiger partial charge in [0.25, 0.3) is 6.23 Å².